The number of rotatable bonds is 0. The van der Waals surface area contributed by atoms with Crippen LogP contribution in [0.3, 0.4) is 0 Å². The van der Waals surface area contributed by atoms with E-state index in [1.165, 1.54) is 36.8 Å². The molecule has 0 aromatic heterocycles. The second kappa shape index (κ2) is 4.13. The summed E-state index contributed by atoms with van der Waals surface area (Å²) in [5.74, 6) is 2.92. The quantitative estimate of drug-likeness (QED) is 0.717. The zero-order chi connectivity index (χ0) is 13.9. The molecule has 0 radical (unpaired) electrons. The van der Waals surface area contributed by atoms with Gasteiger partial charge in [0.2, 0.25) is 0 Å². The van der Waals surface area contributed by atoms with Gasteiger partial charge < -0.3 is 5.11 Å². The fourth-order valence-corrected chi connectivity index (χ4v) is 5.21. The number of hydrogen-bond donors (Lipinski definition) is 1. The highest BCUT2D eigenvalue weighted by atomic mass is 16.3. The number of fused-ring (bicyclic) bond motifs is 5. The minimum Gasteiger partial charge on any atom is -0.508 e. The average molecular weight is 268 g/mol. The Kier molecular flexibility index (Phi) is 2.58. The smallest absolute Gasteiger partial charge is 0.115 e. The van der Waals surface area contributed by atoms with Crippen LogP contribution in [-0.4, -0.2) is 5.11 Å². The van der Waals surface area contributed by atoms with Gasteiger partial charge in [0.1, 0.15) is 5.75 Å². The van der Waals surface area contributed by atoms with E-state index in [2.05, 4.69) is 26.0 Å². The molecule has 20 heavy (non-hydrogen) atoms. The highest BCUT2D eigenvalue weighted by Gasteiger charge is 2.50. The number of phenols is 1. The number of phenolic OH excluding ortho intramolecular Hbond substituents is 1. The van der Waals surface area contributed by atoms with Crippen molar-refractivity contribution in [3.05, 3.63) is 35.4 Å². The summed E-state index contributed by atoms with van der Waals surface area (Å²) in [5.41, 5.74) is 4.88. The van der Waals surface area contributed by atoms with Gasteiger partial charge in [-0.25, -0.2) is 0 Å². The highest BCUT2D eigenvalue weighted by molar-refractivity contribution is 5.73. The lowest BCUT2D eigenvalue weighted by Crippen LogP contribution is -2.37. The van der Waals surface area contributed by atoms with Crippen molar-refractivity contribution in [2.24, 2.45) is 23.2 Å². The first-order valence-electron chi connectivity index (χ1n) is 8.12. The summed E-state index contributed by atoms with van der Waals surface area (Å²) in [6.07, 6.45) is 8.99. The summed E-state index contributed by atoms with van der Waals surface area (Å²) in [4.78, 5) is 0. The molecule has 0 spiro atoms. The topological polar surface area (TPSA) is 20.2 Å². The largest absolute Gasteiger partial charge is 0.508 e. The minimum absolute atomic E-state index is 0.415. The molecule has 0 heterocycles. The van der Waals surface area contributed by atoms with Gasteiger partial charge in [0.05, 0.1) is 0 Å². The van der Waals surface area contributed by atoms with Gasteiger partial charge in [-0.05, 0) is 84.1 Å². The van der Waals surface area contributed by atoms with E-state index in [4.69, 9.17) is 0 Å². The van der Waals surface area contributed by atoms with Crippen LogP contribution in [0.25, 0.3) is 5.57 Å². The Balaban J connectivity index is 1.79. The lowest BCUT2D eigenvalue weighted by atomic mass is 9.58. The Bertz CT molecular complexity index is 585. The zero-order valence-corrected chi connectivity index (χ0v) is 12.5. The van der Waals surface area contributed by atoms with Gasteiger partial charge in [-0.2, -0.15) is 0 Å². The van der Waals surface area contributed by atoms with Gasteiger partial charge in [-0.15, -0.1) is 0 Å². The van der Waals surface area contributed by atoms with Gasteiger partial charge in [-0.3, -0.25) is 0 Å². The van der Waals surface area contributed by atoms with Crippen molar-refractivity contribution in [3.8, 4) is 5.75 Å². The number of benzene rings is 1. The molecule has 4 unspecified atom stereocenters. The van der Waals surface area contributed by atoms with Crippen molar-refractivity contribution in [3.63, 3.8) is 0 Å². The van der Waals surface area contributed by atoms with Crippen LogP contribution in [-0.2, 0) is 6.42 Å². The molecule has 0 saturated heterocycles. The molecule has 1 saturated carbocycles. The predicted octanol–water partition coefficient (Wildman–Crippen LogP) is 4.79. The Hall–Kier alpha value is -1.24. The van der Waals surface area contributed by atoms with Crippen molar-refractivity contribution in [2.45, 2.75) is 46.0 Å². The van der Waals surface area contributed by atoms with Crippen LogP contribution < -0.4 is 0 Å². The third kappa shape index (κ3) is 1.55. The molecule has 0 bridgehead atoms. The first-order chi connectivity index (χ1) is 9.59. The third-order valence-electron chi connectivity index (χ3n) is 6.66. The molecular formula is C19H24O. The maximum atomic E-state index is 9.69. The number of aromatic hydroxyl groups is 1. The van der Waals surface area contributed by atoms with Gasteiger partial charge in [0.25, 0.3) is 0 Å². The van der Waals surface area contributed by atoms with E-state index in [0.717, 1.165) is 24.2 Å². The number of aryl methyl sites for hydroxylation is 1. The van der Waals surface area contributed by atoms with Crippen LogP contribution in [0.4, 0.5) is 0 Å². The maximum absolute atomic E-state index is 9.69. The van der Waals surface area contributed by atoms with Crippen LogP contribution in [0.2, 0.25) is 0 Å². The molecule has 1 nitrogen and oxygen atoms in total. The van der Waals surface area contributed by atoms with Gasteiger partial charge >= 0.3 is 0 Å². The maximum Gasteiger partial charge on any atom is 0.115 e. The molecule has 1 aromatic carbocycles. The molecule has 4 atom stereocenters. The molecule has 1 heteroatoms. The van der Waals surface area contributed by atoms with E-state index in [0.29, 0.717) is 11.2 Å². The Morgan fingerprint density at radius 1 is 1.20 bits per heavy atom. The molecule has 0 amide bonds. The van der Waals surface area contributed by atoms with Crippen molar-refractivity contribution in [2.75, 3.05) is 0 Å². The SMILES string of the molecule is CC1CCC2C3CCc4cc(O)ccc4C3=CCC12C. The molecule has 4 rings (SSSR count). The lowest BCUT2D eigenvalue weighted by molar-refractivity contribution is 0.125. The summed E-state index contributed by atoms with van der Waals surface area (Å²) >= 11 is 0. The van der Waals surface area contributed by atoms with Crippen molar-refractivity contribution in [1.29, 1.82) is 0 Å². The van der Waals surface area contributed by atoms with E-state index in [1.807, 2.05) is 12.1 Å². The fourth-order valence-electron chi connectivity index (χ4n) is 5.21. The monoisotopic (exact) mass is 268 g/mol. The van der Waals surface area contributed by atoms with E-state index in [9.17, 15) is 5.11 Å². The van der Waals surface area contributed by atoms with E-state index < -0.39 is 0 Å². The molecule has 0 aliphatic heterocycles. The van der Waals surface area contributed by atoms with Crippen molar-refractivity contribution < 1.29 is 5.11 Å². The summed E-state index contributed by atoms with van der Waals surface area (Å²) in [7, 11) is 0. The van der Waals surface area contributed by atoms with Crippen LogP contribution in [0, 0.1) is 23.2 Å². The summed E-state index contributed by atoms with van der Waals surface area (Å²) in [5, 5.41) is 9.69. The van der Waals surface area contributed by atoms with Crippen LogP contribution in [0.5, 0.6) is 5.75 Å². The third-order valence-corrected chi connectivity index (χ3v) is 6.66. The molecule has 3 aliphatic carbocycles. The van der Waals surface area contributed by atoms with Crippen molar-refractivity contribution in [1.82, 2.24) is 0 Å². The zero-order valence-electron chi connectivity index (χ0n) is 12.5. The van der Waals surface area contributed by atoms with E-state index >= 15 is 0 Å². The first-order valence-corrected chi connectivity index (χ1v) is 8.12. The van der Waals surface area contributed by atoms with Gasteiger partial charge in [0, 0.05) is 0 Å². The van der Waals surface area contributed by atoms with E-state index in [-0.39, 0.29) is 0 Å². The Morgan fingerprint density at radius 3 is 2.90 bits per heavy atom. The molecular weight excluding hydrogens is 244 g/mol. The van der Waals surface area contributed by atoms with Gasteiger partial charge in [-0.1, -0.05) is 26.0 Å². The fraction of sp³-hybridized carbons (Fsp3) is 0.579. The van der Waals surface area contributed by atoms with E-state index in [1.54, 1.807) is 5.57 Å². The highest BCUT2D eigenvalue weighted by Crippen LogP contribution is 2.60. The standard InChI is InChI=1S/C19H24O/c1-12-3-8-18-17-6-4-13-11-14(20)5-7-15(13)16(17)9-10-19(12,18)2/h5,7,9,11-12,17-18,20H,3-4,6,8,10H2,1-2H3. The summed E-state index contributed by atoms with van der Waals surface area (Å²) < 4.78 is 0. The first kappa shape index (κ1) is 12.5. The van der Waals surface area contributed by atoms with Crippen LogP contribution in [0.15, 0.2) is 24.3 Å². The predicted molar refractivity (Wildman–Crippen MR) is 82.5 cm³/mol. The van der Waals surface area contributed by atoms with Crippen LogP contribution >= 0.6 is 0 Å². The second-order valence-corrected chi connectivity index (χ2v) is 7.44. The minimum atomic E-state index is 0.415. The second-order valence-electron chi connectivity index (χ2n) is 7.44. The molecule has 3 aliphatic rings. The summed E-state index contributed by atoms with van der Waals surface area (Å²) in [6.45, 7) is 4.97. The Labute approximate surface area is 121 Å². The normalized spacial score (nSPS) is 38.7. The lowest BCUT2D eigenvalue weighted by Gasteiger charge is -2.46. The number of hydrogen-bond acceptors (Lipinski definition) is 1. The molecule has 1 fully saturated rings. The van der Waals surface area contributed by atoms with Crippen LogP contribution in [0.1, 0.15) is 50.7 Å². The molecule has 106 valence electrons. The molecule has 1 N–H and O–H groups in total. The average Bonchev–Trinajstić information content (AvgIpc) is 2.74. The molecule has 1 aromatic rings. The van der Waals surface area contributed by atoms with Crippen molar-refractivity contribution >= 4 is 5.57 Å². The summed E-state index contributed by atoms with van der Waals surface area (Å²) in [6, 6.07) is 5.97. The van der Waals surface area contributed by atoms with Gasteiger partial charge in [0.15, 0.2) is 0 Å². The Morgan fingerprint density at radius 2 is 2.05 bits per heavy atom. The number of allylic oxidation sites excluding steroid dienone is 2.